The van der Waals surface area contributed by atoms with Crippen LogP contribution in [0.15, 0.2) is 0 Å². The highest BCUT2D eigenvalue weighted by Crippen LogP contribution is 2.39. The van der Waals surface area contributed by atoms with E-state index in [0.717, 1.165) is 19.1 Å². The van der Waals surface area contributed by atoms with Crippen molar-refractivity contribution in [2.75, 3.05) is 0 Å². The lowest BCUT2D eigenvalue weighted by molar-refractivity contribution is -0.181. The molecule has 106 valence electrons. The molecule has 0 radical (unpaired) electrons. The van der Waals surface area contributed by atoms with Gasteiger partial charge in [0.1, 0.15) is 6.29 Å². The van der Waals surface area contributed by atoms with E-state index in [2.05, 4.69) is 40.8 Å². The molecule has 1 aliphatic rings. The first-order chi connectivity index (χ1) is 8.17. The van der Waals surface area contributed by atoms with Crippen molar-refractivity contribution >= 4 is 14.6 Å². The summed E-state index contributed by atoms with van der Waals surface area (Å²) in [5.74, 6) is 0.419. The molecular weight excluding hydrogens is 244 g/mol. The van der Waals surface area contributed by atoms with Crippen molar-refractivity contribution in [1.29, 1.82) is 0 Å². The standard InChI is InChI=1S/C14H28O3Si/c1-11-7-8-12(9-10-15)16-13(11)17-18(5,6)14(2,3)4/h10-13H,7-9H2,1-6H3/t11-,12+,13+/m1/s1. The van der Waals surface area contributed by atoms with E-state index in [1.807, 2.05) is 0 Å². The summed E-state index contributed by atoms with van der Waals surface area (Å²) in [5.41, 5.74) is 0. The van der Waals surface area contributed by atoms with E-state index in [-0.39, 0.29) is 17.4 Å². The van der Waals surface area contributed by atoms with Crippen molar-refractivity contribution in [1.82, 2.24) is 0 Å². The average molecular weight is 272 g/mol. The number of aldehydes is 1. The van der Waals surface area contributed by atoms with Crippen LogP contribution in [0, 0.1) is 5.92 Å². The predicted molar refractivity (Wildman–Crippen MR) is 76.0 cm³/mol. The molecule has 1 aliphatic heterocycles. The number of rotatable bonds is 4. The van der Waals surface area contributed by atoms with Crippen LogP contribution in [0.5, 0.6) is 0 Å². The molecule has 0 unspecified atom stereocenters. The quantitative estimate of drug-likeness (QED) is 0.578. The van der Waals surface area contributed by atoms with Gasteiger partial charge in [0.2, 0.25) is 0 Å². The van der Waals surface area contributed by atoms with Crippen LogP contribution in [0.4, 0.5) is 0 Å². The number of carbonyl (C=O) groups excluding carboxylic acids is 1. The molecule has 0 bridgehead atoms. The summed E-state index contributed by atoms with van der Waals surface area (Å²) < 4.78 is 12.3. The van der Waals surface area contributed by atoms with Gasteiger partial charge in [0.25, 0.3) is 0 Å². The zero-order valence-corrected chi connectivity index (χ0v) is 13.7. The minimum Gasteiger partial charge on any atom is -0.392 e. The van der Waals surface area contributed by atoms with Crippen molar-refractivity contribution in [3.05, 3.63) is 0 Å². The molecule has 0 spiro atoms. The molecule has 3 atom stereocenters. The van der Waals surface area contributed by atoms with E-state index >= 15 is 0 Å². The first-order valence-electron chi connectivity index (χ1n) is 6.94. The van der Waals surface area contributed by atoms with Gasteiger partial charge in [0.15, 0.2) is 14.6 Å². The summed E-state index contributed by atoms with van der Waals surface area (Å²) in [7, 11) is -1.80. The molecule has 0 aromatic carbocycles. The molecule has 3 nitrogen and oxygen atoms in total. The highest BCUT2D eigenvalue weighted by molar-refractivity contribution is 6.74. The molecule has 0 aliphatic carbocycles. The lowest BCUT2D eigenvalue weighted by atomic mass is 9.98. The molecule has 0 amide bonds. The topological polar surface area (TPSA) is 35.5 Å². The Balaban J connectivity index is 2.66. The molecule has 1 rings (SSSR count). The SMILES string of the molecule is C[C@@H]1CC[C@@H](CC=O)O[C@H]1O[Si](C)(C)C(C)(C)C. The highest BCUT2D eigenvalue weighted by Gasteiger charge is 2.42. The Labute approximate surface area is 112 Å². The highest BCUT2D eigenvalue weighted by atomic mass is 28.4. The fourth-order valence-corrected chi connectivity index (χ4v) is 3.09. The van der Waals surface area contributed by atoms with Crippen LogP contribution < -0.4 is 0 Å². The Bertz CT molecular complexity index is 283. The number of hydrogen-bond donors (Lipinski definition) is 0. The van der Waals surface area contributed by atoms with Crippen LogP contribution >= 0.6 is 0 Å². The summed E-state index contributed by atoms with van der Waals surface area (Å²) in [6.07, 6.45) is 3.40. The van der Waals surface area contributed by atoms with Gasteiger partial charge in [-0.25, -0.2) is 0 Å². The fourth-order valence-electron chi connectivity index (χ4n) is 1.87. The second-order valence-electron chi connectivity index (χ2n) is 6.96. The monoisotopic (exact) mass is 272 g/mol. The van der Waals surface area contributed by atoms with Crippen molar-refractivity contribution in [3.8, 4) is 0 Å². The normalized spacial score (nSPS) is 30.2. The molecule has 1 heterocycles. The maximum atomic E-state index is 10.6. The van der Waals surface area contributed by atoms with Crippen molar-refractivity contribution in [3.63, 3.8) is 0 Å². The van der Waals surface area contributed by atoms with Gasteiger partial charge in [-0.3, -0.25) is 0 Å². The minimum atomic E-state index is -1.80. The van der Waals surface area contributed by atoms with E-state index in [9.17, 15) is 4.79 Å². The first kappa shape index (κ1) is 15.9. The Morgan fingerprint density at radius 1 is 1.33 bits per heavy atom. The van der Waals surface area contributed by atoms with E-state index in [1.165, 1.54) is 0 Å². The molecule has 4 heteroatoms. The summed E-state index contributed by atoms with van der Waals surface area (Å²) in [6.45, 7) is 13.4. The Morgan fingerprint density at radius 3 is 2.44 bits per heavy atom. The second kappa shape index (κ2) is 5.84. The van der Waals surface area contributed by atoms with E-state index < -0.39 is 8.32 Å². The van der Waals surface area contributed by atoms with Gasteiger partial charge < -0.3 is 14.0 Å². The van der Waals surface area contributed by atoms with Crippen molar-refractivity contribution in [2.24, 2.45) is 5.92 Å². The maximum absolute atomic E-state index is 10.6. The summed E-state index contributed by atoms with van der Waals surface area (Å²) in [4.78, 5) is 10.6. The minimum absolute atomic E-state index is 0.0495. The third-order valence-corrected chi connectivity index (χ3v) is 8.75. The fraction of sp³-hybridized carbons (Fsp3) is 0.929. The lowest BCUT2D eigenvalue weighted by Gasteiger charge is -2.43. The largest absolute Gasteiger partial charge is 0.392 e. The zero-order valence-electron chi connectivity index (χ0n) is 12.7. The van der Waals surface area contributed by atoms with E-state index in [1.54, 1.807) is 0 Å². The molecule has 18 heavy (non-hydrogen) atoms. The molecule has 1 fully saturated rings. The number of hydrogen-bond acceptors (Lipinski definition) is 3. The molecular formula is C14H28O3Si. The predicted octanol–water partition coefficient (Wildman–Crippen LogP) is 3.74. The molecule has 0 aromatic heterocycles. The third kappa shape index (κ3) is 3.90. The van der Waals surface area contributed by atoms with E-state index in [4.69, 9.17) is 9.16 Å². The maximum Gasteiger partial charge on any atom is 0.195 e. The van der Waals surface area contributed by atoms with Crippen molar-refractivity contribution in [2.45, 2.75) is 77.5 Å². The van der Waals surface area contributed by atoms with Crippen LogP contribution in [0.1, 0.15) is 47.0 Å². The Kier molecular flexibility index (Phi) is 5.15. The van der Waals surface area contributed by atoms with Crippen LogP contribution in [0.2, 0.25) is 18.1 Å². The zero-order chi connectivity index (χ0) is 14.0. The van der Waals surface area contributed by atoms with Gasteiger partial charge in [0, 0.05) is 12.3 Å². The van der Waals surface area contributed by atoms with Gasteiger partial charge in [-0.15, -0.1) is 0 Å². The Hall–Kier alpha value is -0.193. The molecule has 1 saturated heterocycles. The number of ether oxygens (including phenoxy) is 1. The molecule has 0 aromatic rings. The summed E-state index contributed by atoms with van der Waals surface area (Å²) >= 11 is 0. The smallest absolute Gasteiger partial charge is 0.195 e. The van der Waals surface area contributed by atoms with Gasteiger partial charge in [-0.2, -0.15) is 0 Å². The van der Waals surface area contributed by atoms with Crippen LogP contribution in [0.3, 0.4) is 0 Å². The summed E-state index contributed by atoms with van der Waals surface area (Å²) in [5, 5.41) is 0.188. The van der Waals surface area contributed by atoms with Crippen LogP contribution in [-0.4, -0.2) is 27.0 Å². The van der Waals surface area contributed by atoms with Crippen LogP contribution in [0.25, 0.3) is 0 Å². The van der Waals surface area contributed by atoms with Gasteiger partial charge in [-0.1, -0.05) is 27.7 Å². The molecule has 0 N–H and O–H groups in total. The van der Waals surface area contributed by atoms with E-state index in [0.29, 0.717) is 12.3 Å². The third-order valence-electron chi connectivity index (χ3n) is 4.31. The Morgan fingerprint density at radius 2 is 1.94 bits per heavy atom. The first-order valence-corrected chi connectivity index (χ1v) is 9.85. The summed E-state index contributed by atoms with van der Waals surface area (Å²) in [6, 6.07) is 0. The molecule has 0 saturated carbocycles. The average Bonchev–Trinajstić information content (AvgIpc) is 2.21. The van der Waals surface area contributed by atoms with Crippen LogP contribution in [-0.2, 0) is 14.0 Å². The number of carbonyl (C=O) groups is 1. The van der Waals surface area contributed by atoms with Gasteiger partial charge in [-0.05, 0) is 31.0 Å². The van der Waals surface area contributed by atoms with Gasteiger partial charge >= 0.3 is 0 Å². The lowest BCUT2D eigenvalue weighted by Crippen LogP contribution is -2.48. The van der Waals surface area contributed by atoms with Crippen molar-refractivity contribution < 1.29 is 14.0 Å². The van der Waals surface area contributed by atoms with Gasteiger partial charge in [0.05, 0.1) is 6.10 Å². The second-order valence-corrected chi connectivity index (χ2v) is 11.7.